The van der Waals surface area contributed by atoms with E-state index in [0.29, 0.717) is 17.1 Å². The summed E-state index contributed by atoms with van der Waals surface area (Å²) >= 11 is 0. The third-order valence-electron chi connectivity index (χ3n) is 2.75. The van der Waals surface area contributed by atoms with Crippen LogP contribution in [0.2, 0.25) is 0 Å². The molecule has 7 heteroatoms. The second kappa shape index (κ2) is 6.08. The van der Waals surface area contributed by atoms with E-state index in [9.17, 15) is 14.4 Å². The molecule has 1 aromatic carbocycles. The van der Waals surface area contributed by atoms with Gasteiger partial charge in [0.2, 0.25) is 6.79 Å². The van der Waals surface area contributed by atoms with Crippen molar-refractivity contribution in [1.82, 2.24) is 0 Å². The second-order valence-corrected chi connectivity index (χ2v) is 3.98. The number of Topliss-reactive ketones (excluding diaryl/α,β-unsaturated/α-hetero) is 1. The van der Waals surface area contributed by atoms with Crippen LogP contribution in [-0.2, 0) is 23.9 Å². The van der Waals surface area contributed by atoms with E-state index >= 15 is 0 Å². The van der Waals surface area contributed by atoms with Crippen LogP contribution in [0, 0.1) is 0 Å². The topological polar surface area (TPSA) is 88.1 Å². The predicted molar refractivity (Wildman–Crippen MR) is 69.6 cm³/mol. The van der Waals surface area contributed by atoms with Gasteiger partial charge in [0, 0.05) is 11.6 Å². The maximum absolute atomic E-state index is 11.9. The first kappa shape index (κ1) is 14.6. The Balaban J connectivity index is 2.44. The summed E-state index contributed by atoms with van der Waals surface area (Å²) in [5, 5.41) is 0. The van der Waals surface area contributed by atoms with Gasteiger partial charge in [-0.05, 0) is 18.2 Å². The zero-order chi connectivity index (χ0) is 15.4. The van der Waals surface area contributed by atoms with Gasteiger partial charge in [0.1, 0.15) is 17.1 Å². The van der Waals surface area contributed by atoms with Crippen LogP contribution in [0.1, 0.15) is 5.56 Å². The number of hydrogen-bond acceptors (Lipinski definition) is 7. The lowest BCUT2D eigenvalue weighted by Gasteiger charge is -2.17. The summed E-state index contributed by atoms with van der Waals surface area (Å²) in [4.78, 5) is 34.8. The van der Waals surface area contributed by atoms with Crippen molar-refractivity contribution in [3.05, 3.63) is 29.3 Å². The zero-order valence-electron chi connectivity index (χ0n) is 11.4. The van der Waals surface area contributed by atoms with Gasteiger partial charge in [-0.2, -0.15) is 0 Å². The highest BCUT2D eigenvalue weighted by molar-refractivity contribution is 6.47. The number of benzene rings is 1. The third-order valence-corrected chi connectivity index (χ3v) is 2.75. The monoisotopic (exact) mass is 292 g/mol. The van der Waals surface area contributed by atoms with Crippen molar-refractivity contribution in [2.75, 3.05) is 21.0 Å². The first-order valence-electron chi connectivity index (χ1n) is 5.89. The molecule has 21 heavy (non-hydrogen) atoms. The summed E-state index contributed by atoms with van der Waals surface area (Å²) < 4.78 is 19.2. The summed E-state index contributed by atoms with van der Waals surface area (Å²) in [5.41, 5.74) is 0.00291. The fourth-order valence-corrected chi connectivity index (χ4v) is 1.69. The van der Waals surface area contributed by atoms with Gasteiger partial charge in [-0.15, -0.1) is 0 Å². The van der Waals surface area contributed by atoms with E-state index in [4.69, 9.17) is 9.47 Å². The van der Waals surface area contributed by atoms with Crippen LogP contribution in [0.15, 0.2) is 23.8 Å². The normalized spacial score (nSPS) is 12.8. The van der Waals surface area contributed by atoms with E-state index in [1.807, 2.05) is 0 Å². The van der Waals surface area contributed by atoms with Crippen LogP contribution in [-0.4, -0.2) is 38.7 Å². The van der Waals surface area contributed by atoms with Gasteiger partial charge >= 0.3 is 11.9 Å². The minimum Gasteiger partial charge on any atom is -0.465 e. The number of carbonyl (C=O) groups is 3. The Hall–Kier alpha value is -2.83. The number of fused-ring (bicyclic) bond motifs is 2. The molecule has 110 valence electrons. The molecule has 1 aromatic rings. The number of ketones is 1. The van der Waals surface area contributed by atoms with Gasteiger partial charge in [-0.3, -0.25) is 4.79 Å². The van der Waals surface area contributed by atoms with Gasteiger partial charge in [0.05, 0.1) is 14.2 Å². The first-order chi connectivity index (χ1) is 10.1. The Morgan fingerprint density at radius 2 is 1.81 bits per heavy atom. The summed E-state index contributed by atoms with van der Waals surface area (Å²) in [7, 11) is 2.16. The molecule has 0 aliphatic carbocycles. The van der Waals surface area contributed by atoms with E-state index in [2.05, 4.69) is 9.47 Å². The maximum Gasteiger partial charge on any atom is 0.379 e. The highest BCUT2D eigenvalue weighted by Gasteiger charge is 2.27. The average molecular weight is 292 g/mol. The van der Waals surface area contributed by atoms with Crippen LogP contribution in [0.3, 0.4) is 0 Å². The van der Waals surface area contributed by atoms with Crippen molar-refractivity contribution in [3.8, 4) is 11.5 Å². The van der Waals surface area contributed by atoms with Gasteiger partial charge in [-0.25, -0.2) is 9.59 Å². The lowest BCUT2D eigenvalue weighted by atomic mass is 10.1. The van der Waals surface area contributed by atoms with E-state index < -0.39 is 23.3 Å². The summed E-state index contributed by atoms with van der Waals surface area (Å²) in [5.74, 6) is -2.15. The molecule has 1 heterocycles. The van der Waals surface area contributed by atoms with Crippen LogP contribution in [0.4, 0.5) is 0 Å². The Kier molecular flexibility index (Phi) is 4.22. The average Bonchev–Trinajstić information content (AvgIpc) is 2.52. The summed E-state index contributed by atoms with van der Waals surface area (Å²) in [6.45, 7) is 0.0291. The van der Waals surface area contributed by atoms with Crippen molar-refractivity contribution < 1.29 is 33.3 Å². The highest BCUT2D eigenvalue weighted by atomic mass is 16.7. The molecule has 0 N–H and O–H groups in total. The second-order valence-electron chi connectivity index (χ2n) is 3.98. The predicted octanol–water partition coefficient (Wildman–Crippen LogP) is 0.714. The summed E-state index contributed by atoms with van der Waals surface area (Å²) in [6.07, 6.45) is 1.22. The van der Waals surface area contributed by atoms with Gasteiger partial charge in [0.15, 0.2) is 0 Å². The van der Waals surface area contributed by atoms with Gasteiger partial charge < -0.3 is 18.9 Å². The Morgan fingerprint density at radius 1 is 1.10 bits per heavy atom. The molecule has 2 bridgehead atoms. The number of hydrogen-bond donors (Lipinski definition) is 0. The lowest BCUT2D eigenvalue weighted by molar-refractivity contribution is -0.151. The number of carbonyl (C=O) groups excluding carboxylic acids is 3. The number of methoxy groups -OCH3 is 2. The first-order valence-corrected chi connectivity index (χ1v) is 5.89. The molecule has 0 radical (unpaired) electrons. The van der Waals surface area contributed by atoms with E-state index in [0.717, 1.165) is 14.2 Å². The van der Waals surface area contributed by atoms with Crippen LogP contribution in [0.5, 0.6) is 11.5 Å². The number of ether oxygens (including phenoxy) is 4. The fraction of sp³-hybridized carbons (Fsp3) is 0.214. The van der Waals surface area contributed by atoms with E-state index in [-0.39, 0.29) is 6.79 Å². The van der Waals surface area contributed by atoms with E-state index in [1.54, 1.807) is 18.2 Å². The number of rotatable bonds is 4. The SMILES string of the molecule is COC(=O)C(=O)C(=Cc1ccc2cc1OCO2)C(=O)OC. The van der Waals surface area contributed by atoms with Crippen molar-refractivity contribution in [1.29, 1.82) is 0 Å². The Labute approximate surface area is 120 Å². The third kappa shape index (κ3) is 3.02. The number of esters is 2. The molecule has 0 saturated heterocycles. The molecule has 2 rings (SSSR count). The van der Waals surface area contributed by atoms with Crippen LogP contribution >= 0.6 is 0 Å². The molecule has 0 aromatic heterocycles. The quantitative estimate of drug-likeness (QED) is 0.265. The molecule has 0 amide bonds. The van der Waals surface area contributed by atoms with Crippen molar-refractivity contribution in [2.45, 2.75) is 0 Å². The van der Waals surface area contributed by atoms with Gasteiger partial charge in [0.25, 0.3) is 5.78 Å². The molecule has 1 aliphatic heterocycles. The smallest absolute Gasteiger partial charge is 0.379 e. The van der Waals surface area contributed by atoms with E-state index in [1.165, 1.54) is 6.08 Å². The molecule has 0 atom stereocenters. The standard InChI is InChI=1S/C14H12O7/c1-18-13(16)10(12(15)14(17)19-2)5-8-3-4-9-6-11(8)21-7-20-9/h3-6H,7H2,1-2H3. The zero-order valence-corrected chi connectivity index (χ0v) is 11.4. The molecule has 1 aliphatic rings. The molecule has 0 spiro atoms. The van der Waals surface area contributed by atoms with Crippen molar-refractivity contribution >= 4 is 23.8 Å². The van der Waals surface area contributed by atoms with Crippen LogP contribution in [0.25, 0.3) is 6.08 Å². The molecular formula is C14H12O7. The Bertz CT molecular complexity index is 630. The van der Waals surface area contributed by atoms with Gasteiger partial charge in [-0.1, -0.05) is 0 Å². The lowest BCUT2D eigenvalue weighted by Crippen LogP contribution is -2.23. The Morgan fingerprint density at radius 3 is 2.48 bits per heavy atom. The van der Waals surface area contributed by atoms with Crippen molar-refractivity contribution in [3.63, 3.8) is 0 Å². The minimum absolute atomic E-state index is 0.0291. The molecule has 0 unspecified atom stereocenters. The fourth-order valence-electron chi connectivity index (χ4n) is 1.69. The highest BCUT2D eigenvalue weighted by Crippen LogP contribution is 2.30. The molecule has 7 nitrogen and oxygen atoms in total. The van der Waals surface area contributed by atoms with Crippen molar-refractivity contribution in [2.24, 2.45) is 0 Å². The molecule has 0 fully saturated rings. The summed E-state index contributed by atoms with van der Waals surface area (Å²) in [6, 6.07) is 4.85. The maximum atomic E-state index is 11.9. The minimum atomic E-state index is -1.15. The largest absolute Gasteiger partial charge is 0.465 e. The van der Waals surface area contributed by atoms with Crippen LogP contribution < -0.4 is 9.47 Å². The molecule has 0 saturated carbocycles. The molecular weight excluding hydrogens is 280 g/mol.